The molecular weight excluding hydrogens is 743 g/mol. The topological polar surface area (TPSA) is 49.3 Å². The molecule has 3 nitrogen and oxygen atoms in total. The van der Waals surface area contributed by atoms with Crippen LogP contribution in [0.2, 0.25) is 0 Å². The van der Waals surface area contributed by atoms with Crippen LogP contribution in [0.3, 0.4) is 0 Å². The second-order valence-corrected chi connectivity index (χ2v) is 19.7. The Balaban J connectivity index is 3.73. The van der Waals surface area contributed by atoms with Crippen molar-refractivity contribution >= 4 is 5.97 Å². The summed E-state index contributed by atoms with van der Waals surface area (Å²) in [4.78, 5) is 12.2. The lowest BCUT2D eigenvalue weighted by molar-refractivity contribution is -0.142. The molecule has 61 heavy (non-hydrogen) atoms. The van der Waals surface area contributed by atoms with Gasteiger partial charge >= 0.3 is 5.97 Å². The van der Waals surface area contributed by atoms with E-state index in [1.807, 2.05) is 0 Å². The summed E-state index contributed by atoms with van der Waals surface area (Å²) in [5.74, 6) is -0.785. The van der Waals surface area contributed by atoms with Gasteiger partial charge < -0.3 is 10.4 Å². The van der Waals surface area contributed by atoms with Crippen LogP contribution >= 0.6 is 0 Å². The van der Waals surface area contributed by atoms with Gasteiger partial charge in [-0.2, -0.15) is 0 Å². The molecule has 2 unspecified atom stereocenters. The number of carboxylic acid groups (broad SMARTS) is 1. The molecular formula is C58H113NO2. The molecule has 0 saturated heterocycles. The summed E-state index contributed by atoms with van der Waals surface area (Å²) in [6.45, 7) is 7.89. The van der Waals surface area contributed by atoms with E-state index in [2.05, 4.69) is 50.4 Å². The zero-order chi connectivity index (χ0) is 44.2. The molecule has 0 amide bonds. The molecule has 0 saturated carbocycles. The zero-order valence-corrected chi connectivity index (χ0v) is 42.3. The Kier molecular flexibility index (Phi) is 52.3. The molecule has 0 aliphatic carbocycles. The van der Waals surface area contributed by atoms with Gasteiger partial charge in [0.2, 0.25) is 0 Å². The van der Waals surface area contributed by atoms with E-state index in [0.717, 1.165) is 32.2 Å². The highest BCUT2D eigenvalue weighted by atomic mass is 16.4. The van der Waals surface area contributed by atoms with Crippen LogP contribution in [-0.4, -0.2) is 23.7 Å². The number of aliphatic carboxylic acids is 1. The van der Waals surface area contributed by atoms with Crippen molar-refractivity contribution < 1.29 is 9.90 Å². The first kappa shape index (κ1) is 59.9. The zero-order valence-electron chi connectivity index (χ0n) is 42.3. The highest BCUT2D eigenvalue weighted by Crippen LogP contribution is 2.21. The molecule has 0 rings (SSSR count). The summed E-state index contributed by atoms with van der Waals surface area (Å²) in [6.07, 6.45) is 72.3. The van der Waals surface area contributed by atoms with E-state index in [1.165, 1.54) is 276 Å². The van der Waals surface area contributed by atoms with Crippen molar-refractivity contribution in [1.82, 2.24) is 5.32 Å². The van der Waals surface area contributed by atoms with Crippen molar-refractivity contribution in [2.45, 2.75) is 329 Å². The predicted molar refractivity (Wildman–Crippen MR) is 275 cm³/mol. The number of rotatable bonds is 53. The number of allylic oxidation sites excluding steroid dienone is 4. The van der Waals surface area contributed by atoms with Crippen molar-refractivity contribution in [3.05, 3.63) is 24.3 Å². The molecule has 2 atom stereocenters. The Hall–Kier alpha value is -1.09. The molecule has 0 aromatic carbocycles. The van der Waals surface area contributed by atoms with Crippen LogP contribution < -0.4 is 5.32 Å². The third-order valence-electron chi connectivity index (χ3n) is 13.5. The van der Waals surface area contributed by atoms with E-state index in [1.54, 1.807) is 0 Å². The normalized spacial score (nSPS) is 13.0. The van der Waals surface area contributed by atoms with Crippen LogP contribution in [0.1, 0.15) is 323 Å². The first-order valence-corrected chi connectivity index (χ1v) is 28.4. The Morgan fingerprint density at radius 2 is 0.639 bits per heavy atom. The highest BCUT2D eigenvalue weighted by molar-refractivity contribution is 5.69. The number of hydrogen-bond donors (Lipinski definition) is 2. The number of carboxylic acids is 1. The second kappa shape index (κ2) is 53.2. The second-order valence-electron chi connectivity index (χ2n) is 19.7. The van der Waals surface area contributed by atoms with E-state index >= 15 is 0 Å². The fraction of sp³-hybridized carbons (Fsp3) is 0.914. The summed E-state index contributed by atoms with van der Waals surface area (Å²) in [5.41, 5.74) is 0. The van der Waals surface area contributed by atoms with Crippen molar-refractivity contribution in [2.75, 3.05) is 6.54 Å². The summed E-state index contributed by atoms with van der Waals surface area (Å²) in [5, 5.41) is 13.8. The highest BCUT2D eigenvalue weighted by Gasteiger charge is 2.22. The van der Waals surface area contributed by atoms with E-state index in [4.69, 9.17) is 0 Å². The molecule has 0 fully saturated rings. The van der Waals surface area contributed by atoms with Gasteiger partial charge in [0.05, 0.1) is 5.92 Å². The van der Waals surface area contributed by atoms with Crippen LogP contribution in [-0.2, 0) is 4.79 Å². The molecule has 3 heteroatoms. The fourth-order valence-electron chi connectivity index (χ4n) is 9.23. The van der Waals surface area contributed by atoms with Gasteiger partial charge in [0, 0.05) is 6.04 Å². The molecule has 0 bridgehead atoms. The molecule has 0 spiro atoms. The maximum Gasteiger partial charge on any atom is 0.306 e. The molecule has 0 aromatic rings. The van der Waals surface area contributed by atoms with Crippen molar-refractivity contribution in [2.24, 2.45) is 5.92 Å². The van der Waals surface area contributed by atoms with Gasteiger partial charge in [0.1, 0.15) is 0 Å². The lowest BCUT2D eigenvalue weighted by Gasteiger charge is -2.22. The maximum absolute atomic E-state index is 12.2. The third kappa shape index (κ3) is 49.8. The smallest absolute Gasteiger partial charge is 0.306 e. The van der Waals surface area contributed by atoms with Gasteiger partial charge in [-0.15, -0.1) is 0 Å². The molecule has 2 N–H and O–H groups in total. The Bertz CT molecular complexity index is 881. The van der Waals surface area contributed by atoms with Gasteiger partial charge in [-0.25, -0.2) is 0 Å². The van der Waals surface area contributed by atoms with Crippen molar-refractivity contribution in [1.29, 1.82) is 0 Å². The van der Waals surface area contributed by atoms with Gasteiger partial charge in [0.25, 0.3) is 0 Å². The van der Waals surface area contributed by atoms with Gasteiger partial charge in [-0.05, 0) is 83.6 Å². The van der Waals surface area contributed by atoms with Crippen molar-refractivity contribution in [3.63, 3.8) is 0 Å². The lowest BCUT2D eigenvalue weighted by Crippen LogP contribution is -2.34. The molecule has 362 valence electrons. The largest absolute Gasteiger partial charge is 0.481 e. The molecule has 0 aliphatic heterocycles. The summed E-state index contributed by atoms with van der Waals surface area (Å²) >= 11 is 0. The predicted octanol–water partition coefficient (Wildman–Crippen LogP) is 20.2. The van der Waals surface area contributed by atoms with Crippen LogP contribution in [0.5, 0.6) is 0 Å². The summed E-state index contributed by atoms with van der Waals surface area (Å²) < 4.78 is 0. The number of unbranched alkanes of at least 4 members (excludes halogenated alkanes) is 39. The van der Waals surface area contributed by atoms with E-state index in [0.29, 0.717) is 6.04 Å². The first-order valence-electron chi connectivity index (χ1n) is 28.4. The van der Waals surface area contributed by atoms with Crippen LogP contribution in [0, 0.1) is 5.92 Å². The number of carbonyl (C=O) groups is 1. The minimum absolute atomic E-state index is 0.201. The number of hydrogen-bond acceptors (Lipinski definition) is 2. The molecule has 0 aromatic heterocycles. The molecule has 0 heterocycles. The summed E-state index contributed by atoms with van der Waals surface area (Å²) in [6, 6.07) is 0.349. The monoisotopic (exact) mass is 856 g/mol. The maximum atomic E-state index is 12.2. The number of nitrogens with one attached hydrogen (secondary N) is 1. The summed E-state index contributed by atoms with van der Waals surface area (Å²) in [7, 11) is 0. The standard InChI is InChI=1S/C58H113NO2/c1-4-7-10-12-14-16-18-20-22-24-26-28-30-31-33-35-37-39-41-43-45-47-49-51-54-59-57(53-9-6-3)55-56(58(60)61)52-50-48-46-44-42-40-38-36-34-32-29-27-25-23-21-19-17-15-13-11-8-5-2/h35,37-38,40,56-57,59H,4-34,36,39,41-55H2,1-3H3,(H,60,61)/b37-35-,40-38-. The van der Waals surface area contributed by atoms with Crippen molar-refractivity contribution in [3.8, 4) is 0 Å². The minimum Gasteiger partial charge on any atom is -0.481 e. The van der Waals surface area contributed by atoms with Crippen LogP contribution in [0.15, 0.2) is 24.3 Å². The SMILES string of the molecule is CCCCCCCCCCCCCCCC/C=C\CCCCCCCCNC(CCCC)CC(CCCCCC/C=C\CCCCCCCCCCCCCCCC)C(=O)O. The van der Waals surface area contributed by atoms with Crippen LogP contribution in [0.25, 0.3) is 0 Å². The van der Waals surface area contributed by atoms with Crippen LogP contribution in [0.4, 0.5) is 0 Å². The molecule has 0 aliphatic rings. The van der Waals surface area contributed by atoms with Gasteiger partial charge in [0.15, 0.2) is 0 Å². The third-order valence-corrected chi connectivity index (χ3v) is 13.5. The van der Waals surface area contributed by atoms with Gasteiger partial charge in [-0.1, -0.05) is 270 Å². The average Bonchev–Trinajstić information content (AvgIpc) is 3.26. The quantitative estimate of drug-likeness (QED) is 0.0473. The van der Waals surface area contributed by atoms with E-state index in [-0.39, 0.29) is 5.92 Å². The lowest BCUT2D eigenvalue weighted by atomic mass is 9.91. The fourth-order valence-corrected chi connectivity index (χ4v) is 9.23. The average molecular weight is 857 g/mol. The van der Waals surface area contributed by atoms with E-state index in [9.17, 15) is 9.90 Å². The molecule has 0 radical (unpaired) electrons. The Morgan fingerprint density at radius 3 is 0.951 bits per heavy atom. The Morgan fingerprint density at radius 1 is 0.361 bits per heavy atom. The van der Waals surface area contributed by atoms with E-state index < -0.39 is 5.97 Å². The Labute approximate surface area is 385 Å². The minimum atomic E-state index is -0.584. The van der Waals surface area contributed by atoms with Gasteiger partial charge in [-0.3, -0.25) is 4.79 Å². The first-order chi connectivity index (χ1) is 30.2.